The van der Waals surface area contributed by atoms with Crippen molar-refractivity contribution in [2.24, 2.45) is 16.1 Å². The van der Waals surface area contributed by atoms with E-state index in [1.807, 2.05) is 19.2 Å². The quantitative estimate of drug-likeness (QED) is 0.0253. The minimum atomic E-state index is -1.46. The molecule has 0 amide bonds. The van der Waals surface area contributed by atoms with Crippen molar-refractivity contribution in [3.05, 3.63) is 179 Å². The number of aromatic nitrogens is 3. The summed E-state index contributed by atoms with van der Waals surface area (Å²) in [5.41, 5.74) is 19.8. The van der Waals surface area contributed by atoms with Crippen LogP contribution in [0.25, 0.3) is 11.4 Å². The Labute approximate surface area is 624 Å². The van der Waals surface area contributed by atoms with Gasteiger partial charge in [0.05, 0.1) is 22.8 Å². The van der Waals surface area contributed by atoms with Crippen LogP contribution in [-0.2, 0) is 33.1 Å². The molecule has 0 radical (unpaired) electrons. The average Bonchev–Trinajstić information content (AvgIpc) is 3.77. The summed E-state index contributed by atoms with van der Waals surface area (Å²) in [7, 11) is 2.03. The second kappa shape index (κ2) is 43.7. The fraction of sp³-hybridized carbons (Fsp3) is 0.456. The number of nitrogens with one attached hydrogen (secondary N) is 2. The summed E-state index contributed by atoms with van der Waals surface area (Å²) in [5.74, 6) is 1.87. The molecule has 18 aliphatic heterocycles. The molecule has 4 aromatic carbocycles. The molecule has 19 heterocycles. The number of hydrogen-bond donors (Lipinski definition) is 2. The van der Waals surface area contributed by atoms with Crippen molar-refractivity contribution in [1.29, 1.82) is 0 Å². The topological polar surface area (TPSA) is 180 Å². The minimum Gasteiger partial charge on any atom is -0.597 e. The molecule has 12 bridgehead atoms. The van der Waals surface area contributed by atoms with E-state index >= 15 is 0 Å². The van der Waals surface area contributed by atoms with Gasteiger partial charge < -0.3 is 47.8 Å². The van der Waals surface area contributed by atoms with Crippen LogP contribution in [-0.4, -0.2) is 196 Å². The Bertz CT molecular complexity index is 3220. The SMILES string of the molecule is C=CCN(CC)c1nc(N(C)CC2=C3NN=C(C2)c2ccc(cc2)C([O][AlH2])[O][AlH][O][AlH][O]C([O][AlH2])c2ccc(cc2)C2=NNC(=CC2CCCCCCCCCCCCCCCC)c2ccc(cc2)C([O][AlH2])[O][AlH][CH2][AlH][O]C([O][AlH2])c2ccc3cc2)nc(N(CC)CC=C)n1. The zero-order valence-corrected chi connectivity index (χ0v) is 71.6. The molecule has 18 aliphatic rings. The zero-order chi connectivity index (χ0) is 67.0. The van der Waals surface area contributed by atoms with Gasteiger partial charge in [0.25, 0.3) is 0 Å². The number of allylic oxidation sites excluding steroid dienone is 1. The fourth-order valence-corrected chi connectivity index (χ4v) is 19.7. The van der Waals surface area contributed by atoms with E-state index in [-0.39, 0.29) is 5.92 Å². The maximum absolute atomic E-state index is 6.57. The molecule has 0 saturated carbocycles. The van der Waals surface area contributed by atoms with Crippen LogP contribution in [0.5, 0.6) is 0 Å². The number of rotatable bonds is 30. The maximum Gasteiger partial charge on any atom is 0.622 e. The standard InChI is InChI=1S/C34H46N2O4.C33H38N8O4.CH2.8Al.O.12H/c1-2-3-4-5-6-7-8-9-10-11-12-13-14-15-16-30-25-31(26-17-21-28(22-18-26)33(37)38)35-36-32(30)27-19-23-29(24-20-27)34(39)40;1-6-18-40(8-3)32-34-31(35-33(36-32)41(9-4)19-7-2)39(5)21-26-20-27(22-10-14-24(15-11-22)29(42)43)37-38-28(26)23-12-16-25(17-13-23)30(44)45;;;;;;;;;;;;;;;;;;;;;;/h17-25,30,33-35H,2-16H2,1H3;6-7,10-17,29-30,38H,1-2,8-9,18-21H2,3-5H3;1H2;;;;;;;;;;;;;;;;;;;;;/q2*-4;;8*+1;;;;;;;;;;;;;. The summed E-state index contributed by atoms with van der Waals surface area (Å²) in [6.45, 7) is 17.6. The number of anilines is 3. The Hall–Kier alpha value is -2.91. The van der Waals surface area contributed by atoms with Gasteiger partial charge in [0.15, 0.2) is 0 Å². The van der Waals surface area contributed by atoms with Crippen LogP contribution < -0.4 is 25.6 Å². The number of unbranched alkanes of at least 4 members (excludes halogenated alkanes) is 13. The smallest absolute Gasteiger partial charge is 0.597 e. The highest BCUT2D eigenvalue weighted by Gasteiger charge is 2.27. The zero-order valence-electron chi connectivity index (χ0n) is 57.9. The lowest BCUT2D eigenvalue weighted by atomic mass is 9.88. The fourth-order valence-electron chi connectivity index (χ4n) is 12.2. The Kier molecular flexibility index (Phi) is 35.8. The molecule has 0 fully saturated rings. The lowest BCUT2D eigenvalue weighted by Gasteiger charge is -2.28. The second-order valence-corrected chi connectivity index (χ2v) is 33.3. The number of hydrazone groups is 2. The van der Waals surface area contributed by atoms with E-state index in [0.29, 0.717) is 123 Å². The molecule has 1 aromatic heterocycles. The molecule has 5 unspecified atom stereocenters. The molecule has 23 rings (SSSR count). The van der Waals surface area contributed by atoms with Crippen molar-refractivity contribution in [1.82, 2.24) is 25.8 Å². The van der Waals surface area contributed by atoms with Gasteiger partial charge in [0.1, 0.15) is 25.2 Å². The lowest BCUT2D eigenvalue weighted by Crippen LogP contribution is -2.32. The number of likely N-dealkylation sites (N-methyl/N-ethyl adjacent to an activating group) is 3. The first-order chi connectivity index (χ1) is 46.6. The molecule has 5 aromatic rings. The van der Waals surface area contributed by atoms with Crippen molar-refractivity contribution < 1.29 is 33.1 Å². The molecule has 498 valence electrons. The Morgan fingerprint density at radius 3 is 1.42 bits per heavy atom. The predicted molar refractivity (Wildman–Crippen MR) is 401 cm³/mol. The second-order valence-electron chi connectivity index (χ2n) is 24.4. The third-order valence-corrected chi connectivity index (χ3v) is 24.9. The first kappa shape index (κ1) is 77.8. The molecule has 0 spiro atoms. The summed E-state index contributed by atoms with van der Waals surface area (Å²) in [4.78, 5) is 21.3. The van der Waals surface area contributed by atoms with Crippen molar-refractivity contribution in [2.45, 2.75) is 153 Å². The van der Waals surface area contributed by atoms with Gasteiger partial charge in [-0.3, -0.25) is 10.9 Å². The van der Waals surface area contributed by atoms with Crippen molar-refractivity contribution in [2.75, 3.05) is 54.5 Å². The van der Waals surface area contributed by atoms with E-state index in [1.165, 1.54) is 83.5 Å². The summed E-state index contributed by atoms with van der Waals surface area (Å²) in [5, 5.41) is 10.1. The molecule has 27 heteroatoms. The summed E-state index contributed by atoms with van der Waals surface area (Å²) in [6.07, 6.45) is 24.5. The number of benzene rings is 4. The van der Waals surface area contributed by atoms with E-state index < -0.39 is 88.0 Å². The van der Waals surface area contributed by atoms with Crippen LogP contribution in [0.2, 0.25) is 4.14 Å². The van der Waals surface area contributed by atoms with E-state index in [0.717, 1.165) is 89.9 Å². The summed E-state index contributed by atoms with van der Waals surface area (Å²) < 4.78 is 57.2. The minimum absolute atomic E-state index is 0.146. The number of nitrogens with zero attached hydrogens (tertiary/aromatic N) is 8. The molecule has 5 atom stereocenters. The highest BCUT2D eigenvalue weighted by Crippen LogP contribution is 2.33. The predicted octanol–water partition coefficient (Wildman–Crippen LogP) is 8.64. The summed E-state index contributed by atoms with van der Waals surface area (Å²) >= 11 is -2.83. The largest absolute Gasteiger partial charge is 0.622 e. The van der Waals surface area contributed by atoms with Crippen molar-refractivity contribution in [3.8, 4) is 0 Å². The first-order valence-corrected chi connectivity index (χ1v) is 43.2. The molecule has 2 N–H and O–H groups in total. The number of hydrogen-bond acceptors (Lipinski definition) is 19. The average molecular weight is 1420 g/mol. The van der Waals surface area contributed by atoms with Crippen LogP contribution in [0, 0.1) is 5.92 Å². The van der Waals surface area contributed by atoms with Crippen molar-refractivity contribution >= 4 is 170 Å². The first-order valence-electron chi connectivity index (χ1n) is 34.5. The van der Waals surface area contributed by atoms with Gasteiger partial charge in [-0.05, 0) is 54.2 Å². The molecular formula is C68H98Al8N10O9. The monoisotopic (exact) mass is 1410 g/mol. The van der Waals surface area contributed by atoms with Crippen LogP contribution in [0.4, 0.5) is 17.8 Å². The maximum atomic E-state index is 6.57. The van der Waals surface area contributed by atoms with Crippen LogP contribution >= 0.6 is 0 Å². The van der Waals surface area contributed by atoms with Crippen LogP contribution in [0.1, 0.15) is 193 Å². The van der Waals surface area contributed by atoms with Crippen LogP contribution in [0.15, 0.2) is 144 Å². The Balaban J connectivity index is 0.995. The molecule has 19 nitrogen and oxygen atoms in total. The summed E-state index contributed by atoms with van der Waals surface area (Å²) in [6, 6.07) is 33.8. The van der Waals surface area contributed by atoms with E-state index in [2.05, 4.69) is 163 Å². The van der Waals surface area contributed by atoms with Crippen molar-refractivity contribution in [3.63, 3.8) is 0 Å². The molecule has 0 saturated heterocycles. The molecule has 0 aliphatic carbocycles. The van der Waals surface area contributed by atoms with Gasteiger partial charge in [0.2, 0.25) is 17.8 Å². The van der Waals surface area contributed by atoms with Crippen LogP contribution in [0.3, 0.4) is 0 Å². The van der Waals surface area contributed by atoms with E-state index in [9.17, 15) is 0 Å². The highest BCUT2D eigenvalue weighted by molar-refractivity contribution is 6.48. The van der Waals surface area contributed by atoms with Gasteiger partial charge in [0, 0.05) is 74.4 Å². The Morgan fingerprint density at radius 2 is 0.958 bits per heavy atom. The molecule has 95 heavy (non-hydrogen) atoms. The van der Waals surface area contributed by atoms with Gasteiger partial charge in [-0.25, -0.2) is 0 Å². The van der Waals surface area contributed by atoms with E-state index in [1.54, 1.807) is 0 Å². The molecular weight excluding hydrogens is 1320 g/mol. The third-order valence-electron chi connectivity index (χ3n) is 17.6. The normalized spacial score (nSPS) is 18.6. The lowest BCUT2D eigenvalue weighted by molar-refractivity contribution is -0.00992. The van der Waals surface area contributed by atoms with Gasteiger partial charge in [-0.2, -0.15) is 25.2 Å². The van der Waals surface area contributed by atoms with Gasteiger partial charge in [-0.15, -0.1) is 13.2 Å². The highest BCUT2D eigenvalue weighted by atomic mass is 27.3. The Morgan fingerprint density at radius 1 is 0.526 bits per heavy atom. The van der Waals surface area contributed by atoms with E-state index in [4.69, 9.17) is 58.3 Å². The van der Waals surface area contributed by atoms with Gasteiger partial charge in [-0.1, -0.05) is 210 Å². The van der Waals surface area contributed by atoms with Gasteiger partial charge >= 0.3 is 129 Å². The third kappa shape index (κ3) is 24.1.